The lowest BCUT2D eigenvalue weighted by molar-refractivity contribution is 0.276. The van der Waals surface area contributed by atoms with Gasteiger partial charge in [0.05, 0.1) is 10.4 Å². The molecule has 9 heteroatoms. The van der Waals surface area contributed by atoms with Crippen LogP contribution < -0.4 is 11.1 Å². The van der Waals surface area contributed by atoms with Gasteiger partial charge >= 0.3 is 0 Å². The zero-order chi connectivity index (χ0) is 19.1. The summed E-state index contributed by atoms with van der Waals surface area (Å²) < 4.78 is 41.7. The Hall–Kier alpha value is -2.26. The van der Waals surface area contributed by atoms with E-state index in [9.17, 15) is 12.8 Å². The average Bonchev–Trinajstić information content (AvgIpc) is 2.95. The van der Waals surface area contributed by atoms with Crippen LogP contribution >= 0.6 is 0 Å². The highest BCUT2D eigenvalue weighted by Crippen LogP contribution is 2.43. The van der Waals surface area contributed by atoms with Gasteiger partial charge in [0.1, 0.15) is 5.82 Å². The van der Waals surface area contributed by atoms with Crippen LogP contribution in [0.1, 0.15) is 26.7 Å². The molecule has 26 heavy (non-hydrogen) atoms. The topological polar surface area (TPSA) is 102 Å². The Balaban J connectivity index is 2.29. The first-order valence-corrected chi connectivity index (χ1v) is 9.77. The van der Waals surface area contributed by atoms with E-state index in [-0.39, 0.29) is 21.4 Å². The van der Waals surface area contributed by atoms with Crippen LogP contribution in [0.4, 0.5) is 16.0 Å². The van der Waals surface area contributed by atoms with Crippen LogP contribution in [0.3, 0.4) is 0 Å². The molecule has 140 valence electrons. The third kappa shape index (κ3) is 2.90. The van der Waals surface area contributed by atoms with Crippen LogP contribution in [0.15, 0.2) is 39.0 Å². The number of nitrogens with one attached hydrogen (secondary N) is 1. The molecule has 2 aromatic rings. The van der Waals surface area contributed by atoms with Crippen molar-refractivity contribution in [2.45, 2.75) is 42.0 Å². The fraction of sp³-hybridized carbons (Fsp3) is 0.412. The van der Waals surface area contributed by atoms with Crippen LogP contribution in [0.25, 0.3) is 0 Å². The molecule has 0 radical (unpaired) electrons. The van der Waals surface area contributed by atoms with Crippen molar-refractivity contribution < 1.29 is 12.8 Å². The zero-order valence-corrected chi connectivity index (χ0v) is 15.8. The molecular formula is C17H22FN5O2S. The Morgan fingerprint density at radius 2 is 2.15 bits per heavy atom. The maximum absolute atomic E-state index is 13.6. The molecular weight excluding hydrogens is 357 g/mol. The van der Waals surface area contributed by atoms with Gasteiger partial charge in [-0.25, -0.2) is 22.5 Å². The molecule has 2 heterocycles. The van der Waals surface area contributed by atoms with E-state index in [1.807, 2.05) is 13.8 Å². The number of aliphatic imine (C=N–C) groups is 1. The van der Waals surface area contributed by atoms with Crippen molar-refractivity contribution in [2.75, 3.05) is 18.9 Å². The maximum atomic E-state index is 13.6. The predicted molar refractivity (Wildman–Crippen MR) is 98.3 cm³/mol. The predicted octanol–water partition coefficient (Wildman–Crippen LogP) is 2.46. The first kappa shape index (κ1) is 18.5. The van der Waals surface area contributed by atoms with Gasteiger partial charge in [-0.1, -0.05) is 6.07 Å². The molecule has 7 nitrogen and oxygen atoms in total. The van der Waals surface area contributed by atoms with Crippen LogP contribution in [0.5, 0.6) is 0 Å². The molecule has 0 spiro atoms. The van der Waals surface area contributed by atoms with Gasteiger partial charge < -0.3 is 11.1 Å². The first-order valence-electron chi connectivity index (χ1n) is 8.29. The van der Waals surface area contributed by atoms with Gasteiger partial charge in [-0.15, -0.1) is 0 Å². The van der Waals surface area contributed by atoms with Crippen LogP contribution in [0, 0.1) is 5.82 Å². The Morgan fingerprint density at radius 3 is 2.77 bits per heavy atom. The molecule has 3 N–H and O–H groups in total. The van der Waals surface area contributed by atoms with Gasteiger partial charge in [-0.05, 0) is 45.0 Å². The van der Waals surface area contributed by atoms with Crippen LogP contribution in [0.2, 0.25) is 0 Å². The molecule has 1 unspecified atom stereocenters. The average molecular weight is 379 g/mol. The second-order valence-corrected chi connectivity index (χ2v) is 8.57. The van der Waals surface area contributed by atoms with Crippen LogP contribution in [-0.4, -0.2) is 37.5 Å². The summed E-state index contributed by atoms with van der Waals surface area (Å²) in [5, 5.41) is 7.29. The van der Waals surface area contributed by atoms with Crippen molar-refractivity contribution in [1.82, 2.24) is 9.78 Å². The Kier molecular flexibility index (Phi) is 4.61. The number of aromatic nitrogens is 2. The Labute approximate surface area is 152 Å². The molecule has 0 amide bonds. The van der Waals surface area contributed by atoms with E-state index in [4.69, 9.17) is 5.73 Å². The number of anilines is 1. The number of fused-ring (bicyclic) bond motifs is 1. The lowest BCUT2D eigenvalue weighted by Crippen LogP contribution is -2.37. The molecule has 0 saturated heterocycles. The summed E-state index contributed by atoms with van der Waals surface area (Å²) in [5.41, 5.74) is 6.08. The number of nitrogens with zero attached hydrogens (tertiary/aromatic N) is 3. The highest BCUT2D eigenvalue weighted by molar-refractivity contribution is 7.91. The number of hydrogen-bond donors (Lipinski definition) is 2. The molecule has 1 aliphatic rings. The van der Waals surface area contributed by atoms with E-state index in [2.05, 4.69) is 15.4 Å². The smallest absolute Gasteiger partial charge is 0.214 e. The number of halogens is 1. The fourth-order valence-electron chi connectivity index (χ4n) is 3.38. The van der Waals surface area contributed by atoms with Crippen molar-refractivity contribution in [1.29, 1.82) is 0 Å². The minimum atomic E-state index is -4.02. The second kappa shape index (κ2) is 6.48. The van der Waals surface area contributed by atoms with Crippen molar-refractivity contribution in [3.63, 3.8) is 0 Å². The SMILES string of the molecule is CNc1nn2c(c1S(=O)(=O)c1cccc(F)c1)N=C(C)CC2(C)CCN. The molecule has 0 fully saturated rings. The molecule has 1 aromatic heterocycles. The van der Waals surface area contributed by atoms with Gasteiger partial charge in [0.2, 0.25) is 9.84 Å². The summed E-state index contributed by atoms with van der Waals surface area (Å²) in [5.74, 6) is -0.185. The van der Waals surface area contributed by atoms with E-state index in [0.29, 0.717) is 19.4 Å². The molecule has 0 saturated carbocycles. The number of nitrogens with two attached hydrogens (primary N) is 1. The monoisotopic (exact) mass is 379 g/mol. The van der Waals surface area contributed by atoms with E-state index < -0.39 is 21.2 Å². The normalized spacial score (nSPS) is 19.8. The lowest BCUT2D eigenvalue weighted by Gasteiger charge is -2.33. The van der Waals surface area contributed by atoms with Crippen molar-refractivity contribution >= 4 is 27.2 Å². The van der Waals surface area contributed by atoms with Crippen LogP contribution in [-0.2, 0) is 15.4 Å². The number of benzene rings is 1. The third-order valence-electron chi connectivity index (χ3n) is 4.56. The van der Waals surface area contributed by atoms with Gasteiger partial charge in [0, 0.05) is 19.2 Å². The second-order valence-electron chi connectivity index (χ2n) is 6.68. The summed E-state index contributed by atoms with van der Waals surface area (Å²) in [6.45, 7) is 4.26. The van der Waals surface area contributed by atoms with Crippen molar-refractivity contribution in [2.24, 2.45) is 10.7 Å². The summed E-state index contributed by atoms with van der Waals surface area (Å²) in [6.07, 6.45) is 1.25. The minimum absolute atomic E-state index is 0.0482. The zero-order valence-electron chi connectivity index (χ0n) is 15.0. The standard InChI is InChI=1S/C17H22FN5O2S/c1-11-10-17(2,7-8-19)23-16(21-11)14(15(20-3)22-23)26(24,25)13-6-4-5-12(18)9-13/h4-6,9H,7-8,10,19H2,1-3H3,(H,20,22). The number of rotatable bonds is 5. The molecule has 1 aromatic carbocycles. The van der Waals surface area contributed by atoms with Gasteiger partial charge in [0.25, 0.3) is 0 Å². The molecule has 0 aliphatic carbocycles. The van der Waals surface area contributed by atoms with Gasteiger partial charge in [-0.3, -0.25) is 0 Å². The van der Waals surface area contributed by atoms with Gasteiger partial charge in [0.15, 0.2) is 16.5 Å². The van der Waals surface area contributed by atoms with E-state index >= 15 is 0 Å². The molecule has 0 bridgehead atoms. The molecule has 3 rings (SSSR count). The van der Waals surface area contributed by atoms with E-state index in [1.54, 1.807) is 11.7 Å². The summed E-state index contributed by atoms with van der Waals surface area (Å²) in [6, 6.07) is 4.92. The molecule has 1 aliphatic heterocycles. The van der Waals surface area contributed by atoms with Gasteiger partial charge in [-0.2, -0.15) is 5.10 Å². The fourth-order valence-corrected chi connectivity index (χ4v) is 4.92. The first-order chi connectivity index (χ1) is 12.2. The lowest BCUT2D eigenvalue weighted by atomic mass is 9.90. The maximum Gasteiger partial charge on any atom is 0.214 e. The summed E-state index contributed by atoms with van der Waals surface area (Å²) in [7, 11) is -2.42. The van der Waals surface area contributed by atoms with E-state index in [0.717, 1.165) is 11.8 Å². The Bertz CT molecular complexity index is 983. The highest BCUT2D eigenvalue weighted by atomic mass is 32.2. The molecule has 1 atom stereocenters. The number of hydrogen-bond acceptors (Lipinski definition) is 6. The van der Waals surface area contributed by atoms with Crippen molar-refractivity contribution in [3.05, 3.63) is 30.1 Å². The summed E-state index contributed by atoms with van der Waals surface area (Å²) >= 11 is 0. The van der Waals surface area contributed by atoms with E-state index in [1.165, 1.54) is 18.2 Å². The summed E-state index contributed by atoms with van der Waals surface area (Å²) in [4.78, 5) is 4.29. The number of sulfone groups is 1. The Morgan fingerprint density at radius 1 is 1.42 bits per heavy atom. The largest absolute Gasteiger partial charge is 0.371 e. The quantitative estimate of drug-likeness (QED) is 0.831. The van der Waals surface area contributed by atoms with Crippen molar-refractivity contribution in [3.8, 4) is 0 Å². The minimum Gasteiger partial charge on any atom is -0.371 e. The highest BCUT2D eigenvalue weighted by Gasteiger charge is 2.39. The third-order valence-corrected chi connectivity index (χ3v) is 6.35.